The van der Waals surface area contributed by atoms with Crippen LogP contribution in [0.25, 0.3) is 16.5 Å². The topological polar surface area (TPSA) is 95.3 Å². The van der Waals surface area contributed by atoms with Crippen LogP contribution in [0.4, 0.5) is 0 Å². The van der Waals surface area contributed by atoms with Gasteiger partial charge in [-0.3, -0.25) is 0 Å². The molecule has 1 rings (SSSR count). The first-order valence-electron chi connectivity index (χ1n) is 4.77. The van der Waals surface area contributed by atoms with E-state index in [0.717, 1.165) is 5.56 Å². The molecule has 0 heterocycles. The van der Waals surface area contributed by atoms with E-state index in [4.69, 9.17) is 15.4 Å². The van der Waals surface area contributed by atoms with Gasteiger partial charge in [0.15, 0.2) is 0 Å². The summed E-state index contributed by atoms with van der Waals surface area (Å²) in [6.45, 7) is 0.250. The number of azide groups is 1. The highest BCUT2D eigenvalue weighted by molar-refractivity contribution is 5.91. The van der Waals surface area contributed by atoms with Crippen molar-refractivity contribution >= 4 is 12.0 Å². The van der Waals surface area contributed by atoms with Gasteiger partial charge in [-0.05, 0) is 23.2 Å². The van der Waals surface area contributed by atoms with E-state index in [1.165, 1.54) is 13.2 Å². The Kier molecular flexibility index (Phi) is 4.59. The lowest BCUT2D eigenvalue weighted by Gasteiger charge is -2.05. The average Bonchev–Trinajstić information content (AvgIpc) is 2.34. The van der Waals surface area contributed by atoms with Crippen LogP contribution < -0.4 is 4.74 Å². The summed E-state index contributed by atoms with van der Waals surface area (Å²) in [5.41, 5.74) is 8.97. The first kappa shape index (κ1) is 12.6. The van der Waals surface area contributed by atoms with Crippen molar-refractivity contribution in [1.29, 1.82) is 0 Å². The Balaban J connectivity index is 2.93. The van der Waals surface area contributed by atoms with Gasteiger partial charge in [-0.25, -0.2) is 4.79 Å². The van der Waals surface area contributed by atoms with Crippen LogP contribution in [0.15, 0.2) is 29.4 Å². The van der Waals surface area contributed by atoms with Gasteiger partial charge in [-0.2, -0.15) is 0 Å². The second-order valence-corrected chi connectivity index (χ2v) is 3.08. The molecule has 6 heteroatoms. The minimum absolute atomic E-state index is 0.111. The lowest BCUT2D eigenvalue weighted by molar-refractivity contribution is 0.0693. The Morgan fingerprint density at radius 1 is 1.65 bits per heavy atom. The van der Waals surface area contributed by atoms with Gasteiger partial charge in [0.1, 0.15) is 11.3 Å². The molecule has 0 aliphatic carbocycles. The van der Waals surface area contributed by atoms with Crippen LogP contribution in [0.1, 0.15) is 15.9 Å². The smallest absolute Gasteiger partial charge is 0.339 e. The fraction of sp³-hybridized carbons (Fsp3) is 0.182. The van der Waals surface area contributed by atoms with E-state index < -0.39 is 5.97 Å². The Bertz CT molecular complexity index is 491. The Morgan fingerprint density at radius 3 is 3.00 bits per heavy atom. The van der Waals surface area contributed by atoms with E-state index in [1.54, 1.807) is 24.3 Å². The van der Waals surface area contributed by atoms with Crippen LogP contribution in [0.5, 0.6) is 5.75 Å². The average molecular weight is 233 g/mol. The van der Waals surface area contributed by atoms with Crippen LogP contribution in [0, 0.1) is 0 Å². The fourth-order valence-electron chi connectivity index (χ4n) is 1.26. The molecule has 1 N–H and O–H groups in total. The van der Waals surface area contributed by atoms with Crippen LogP contribution in [-0.4, -0.2) is 24.7 Å². The number of hydrogen-bond acceptors (Lipinski definition) is 3. The van der Waals surface area contributed by atoms with E-state index in [1.807, 2.05) is 0 Å². The molecule has 17 heavy (non-hydrogen) atoms. The highest BCUT2D eigenvalue weighted by atomic mass is 16.5. The zero-order valence-electron chi connectivity index (χ0n) is 9.20. The summed E-state index contributed by atoms with van der Waals surface area (Å²) >= 11 is 0. The van der Waals surface area contributed by atoms with Crippen LogP contribution in [-0.2, 0) is 0 Å². The lowest BCUT2D eigenvalue weighted by Crippen LogP contribution is -2.00. The Labute approximate surface area is 97.8 Å². The summed E-state index contributed by atoms with van der Waals surface area (Å²) in [6, 6.07) is 4.73. The number of carboxylic acid groups (broad SMARTS) is 1. The third kappa shape index (κ3) is 3.55. The molecular weight excluding hydrogens is 222 g/mol. The minimum Gasteiger partial charge on any atom is -0.496 e. The maximum absolute atomic E-state index is 10.8. The van der Waals surface area contributed by atoms with Crippen molar-refractivity contribution in [2.75, 3.05) is 13.7 Å². The number of carboxylic acids is 1. The third-order valence-electron chi connectivity index (χ3n) is 2.02. The molecule has 1 aromatic rings. The molecule has 0 aliphatic rings. The van der Waals surface area contributed by atoms with E-state index >= 15 is 0 Å². The summed E-state index contributed by atoms with van der Waals surface area (Å²) < 4.78 is 4.98. The number of hydrogen-bond donors (Lipinski definition) is 1. The lowest BCUT2D eigenvalue weighted by atomic mass is 10.1. The largest absolute Gasteiger partial charge is 0.496 e. The quantitative estimate of drug-likeness (QED) is 0.481. The summed E-state index contributed by atoms with van der Waals surface area (Å²) in [6.07, 6.45) is 3.40. The second kappa shape index (κ2) is 6.19. The first-order valence-corrected chi connectivity index (χ1v) is 4.77. The molecule has 0 unspecified atom stereocenters. The van der Waals surface area contributed by atoms with E-state index in [-0.39, 0.29) is 12.1 Å². The maximum Gasteiger partial charge on any atom is 0.339 e. The van der Waals surface area contributed by atoms with E-state index in [9.17, 15) is 4.79 Å². The van der Waals surface area contributed by atoms with Gasteiger partial charge in [0.05, 0.1) is 7.11 Å². The van der Waals surface area contributed by atoms with E-state index in [2.05, 4.69) is 10.0 Å². The Hall–Kier alpha value is -2.46. The maximum atomic E-state index is 10.8. The Morgan fingerprint density at radius 2 is 2.41 bits per heavy atom. The number of nitrogens with zero attached hydrogens (tertiary/aromatic N) is 3. The molecule has 0 fully saturated rings. The molecule has 0 amide bonds. The third-order valence-corrected chi connectivity index (χ3v) is 2.02. The van der Waals surface area contributed by atoms with Crippen molar-refractivity contribution in [3.05, 3.63) is 45.8 Å². The molecule has 0 radical (unpaired) electrons. The number of benzene rings is 1. The van der Waals surface area contributed by atoms with Crippen molar-refractivity contribution in [2.45, 2.75) is 0 Å². The molecule has 0 aromatic heterocycles. The fourth-order valence-corrected chi connectivity index (χ4v) is 1.26. The van der Waals surface area contributed by atoms with Crippen molar-refractivity contribution < 1.29 is 14.6 Å². The van der Waals surface area contributed by atoms with Gasteiger partial charge in [0.2, 0.25) is 0 Å². The monoisotopic (exact) mass is 233 g/mol. The molecule has 0 spiro atoms. The molecule has 0 aliphatic heterocycles. The zero-order chi connectivity index (χ0) is 12.7. The van der Waals surface area contributed by atoms with Crippen molar-refractivity contribution in [2.24, 2.45) is 5.11 Å². The van der Waals surface area contributed by atoms with Gasteiger partial charge in [0, 0.05) is 11.5 Å². The molecule has 0 saturated carbocycles. The van der Waals surface area contributed by atoms with Crippen molar-refractivity contribution in [3.63, 3.8) is 0 Å². The van der Waals surface area contributed by atoms with Gasteiger partial charge in [-0.1, -0.05) is 23.3 Å². The summed E-state index contributed by atoms with van der Waals surface area (Å²) in [5, 5.41) is 12.2. The molecule has 0 saturated heterocycles. The summed E-state index contributed by atoms with van der Waals surface area (Å²) in [4.78, 5) is 13.4. The van der Waals surface area contributed by atoms with Crippen molar-refractivity contribution in [3.8, 4) is 5.75 Å². The predicted molar refractivity (Wildman–Crippen MR) is 63.0 cm³/mol. The summed E-state index contributed by atoms with van der Waals surface area (Å²) in [5.74, 6) is -0.741. The standard InChI is InChI=1S/C11H11N3O3/c1-17-10-7-8(3-2-6-13-14-12)4-5-9(10)11(15)16/h2-5,7H,6H2,1H3,(H,15,16). The number of ether oxygens (including phenoxy) is 1. The van der Waals surface area contributed by atoms with Crippen LogP contribution >= 0.6 is 0 Å². The SMILES string of the molecule is COc1cc(C=CCN=[N+]=[N-])ccc1C(=O)O. The molecule has 88 valence electrons. The minimum atomic E-state index is -1.04. The van der Waals surface area contributed by atoms with E-state index in [0.29, 0.717) is 5.75 Å². The molecule has 1 aromatic carbocycles. The van der Waals surface area contributed by atoms with Crippen LogP contribution in [0.3, 0.4) is 0 Å². The van der Waals surface area contributed by atoms with Gasteiger partial charge < -0.3 is 9.84 Å². The normalized spacial score (nSPS) is 9.94. The van der Waals surface area contributed by atoms with Crippen molar-refractivity contribution in [1.82, 2.24) is 0 Å². The second-order valence-electron chi connectivity index (χ2n) is 3.08. The zero-order valence-corrected chi connectivity index (χ0v) is 9.20. The predicted octanol–water partition coefficient (Wildman–Crippen LogP) is 2.72. The van der Waals surface area contributed by atoms with Gasteiger partial charge in [-0.15, -0.1) is 0 Å². The van der Waals surface area contributed by atoms with Gasteiger partial charge >= 0.3 is 5.97 Å². The molecule has 0 atom stereocenters. The first-order chi connectivity index (χ1) is 8.19. The van der Waals surface area contributed by atoms with Crippen LogP contribution in [0.2, 0.25) is 0 Å². The highest BCUT2D eigenvalue weighted by Gasteiger charge is 2.09. The van der Waals surface area contributed by atoms with Gasteiger partial charge in [0.25, 0.3) is 0 Å². The summed E-state index contributed by atoms with van der Waals surface area (Å²) in [7, 11) is 1.41. The molecule has 6 nitrogen and oxygen atoms in total. The molecular formula is C11H11N3O3. The number of aromatic carboxylic acids is 1. The number of carbonyl (C=O) groups is 1. The highest BCUT2D eigenvalue weighted by Crippen LogP contribution is 2.20. The number of rotatable bonds is 5. The number of methoxy groups -OCH3 is 1. The molecule has 0 bridgehead atoms.